The average molecular weight is 1300 g/mol. The standard InChI is InChI=1S/C18H34N2O7.C16H30N2O6.C14H26N2O5.C12H22N2O4/c1-14(2)19-15(3)17(21)20-16(4)18(22)27-13-12-26-11-10-25-9-8-24-7-6-23-5;1-12(2)17-13(3)15(19)18-14(4)16(20)24-11-10-23-9-8-22-7-6-21-5;1-10(2)15-11(3)13(17)16-12(4)14(18)21-9-8-20-7-6-19-5;1-8(2)13-9(3)11(15)14-10(4)12(16)18-7-6-17-5/h15-16H,6-13H2,1-5H3,(H,20,21);13-14H,6-11H2,1-5H3,(H,18,19);11-12H,6-9H2,1-5H3,(H,16,17);9-10H,6-7H2,1-5H3,(H,14,15)/t15-,16+;13-,14+;11-,12+;9-,10+/m1111/s1. The number of carbonyl (C=O) groups excluding carboxylic acids is 8. The summed E-state index contributed by atoms with van der Waals surface area (Å²) in [6.45, 7) is 35.0. The first-order valence-corrected chi connectivity index (χ1v) is 29.9. The third kappa shape index (κ3) is 58.4. The normalized spacial score (nSPS) is 13.1. The van der Waals surface area contributed by atoms with Crippen molar-refractivity contribution in [3.05, 3.63) is 0 Å². The molecule has 524 valence electrons. The van der Waals surface area contributed by atoms with Crippen molar-refractivity contribution >= 4 is 70.4 Å². The van der Waals surface area contributed by atoms with E-state index >= 15 is 0 Å². The Morgan fingerprint density at radius 1 is 0.256 bits per heavy atom. The van der Waals surface area contributed by atoms with Gasteiger partial charge in [-0.05, 0) is 111 Å². The number of rotatable bonds is 46. The van der Waals surface area contributed by atoms with Gasteiger partial charge in [0, 0.05) is 51.3 Å². The number of amides is 4. The molecule has 30 nitrogen and oxygen atoms in total. The lowest BCUT2D eigenvalue weighted by molar-refractivity contribution is -0.149. The largest absolute Gasteiger partial charge is 0.462 e. The van der Waals surface area contributed by atoms with Crippen molar-refractivity contribution in [2.75, 3.05) is 161 Å². The molecule has 4 amide bonds. The van der Waals surface area contributed by atoms with E-state index in [0.29, 0.717) is 92.5 Å². The zero-order valence-electron chi connectivity index (χ0n) is 57.5. The summed E-state index contributed by atoms with van der Waals surface area (Å²) in [6.07, 6.45) is 0. The monoisotopic (exact) mass is 1300 g/mol. The van der Waals surface area contributed by atoms with Gasteiger partial charge >= 0.3 is 23.9 Å². The number of ether oxygens (including phenoxy) is 14. The highest BCUT2D eigenvalue weighted by atomic mass is 16.6. The molecule has 0 saturated heterocycles. The minimum absolute atomic E-state index is 0.112. The number of nitrogens with zero attached hydrogens (tertiary/aromatic N) is 4. The molecule has 0 spiro atoms. The lowest BCUT2D eigenvalue weighted by Gasteiger charge is -2.15. The van der Waals surface area contributed by atoms with Crippen LogP contribution in [0.3, 0.4) is 0 Å². The Labute approximate surface area is 534 Å². The molecule has 0 aliphatic heterocycles. The maximum atomic E-state index is 11.9. The van der Waals surface area contributed by atoms with Crippen LogP contribution in [0.2, 0.25) is 0 Å². The van der Waals surface area contributed by atoms with E-state index in [9.17, 15) is 38.4 Å². The van der Waals surface area contributed by atoms with E-state index in [1.165, 1.54) is 7.11 Å². The molecule has 0 aromatic carbocycles. The van der Waals surface area contributed by atoms with Crippen molar-refractivity contribution in [1.29, 1.82) is 0 Å². The van der Waals surface area contributed by atoms with Gasteiger partial charge in [-0.2, -0.15) is 0 Å². The molecule has 0 aliphatic rings. The topological polar surface area (TPSA) is 363 Å². The number of hydrogen-bond acceptors (Lipinski definition) is 26. The van der Waals surface area contributed by atoms with Crippen molar-refractivity contribution in [1.82, 2.24) is 21.3 Å². The summed E-state index contributed by atoms with van der Waals surface area (Å²) in [6, 6.07) is -4.99. The summed E-state index contributed by atoms with van der Waals surface area (Å²) in [5, 5.41) is 10.3. The van der Waals surface area contributed by atoms with Gasteiger partial charge in [0.1, 0.15) is 74.8 Å². The van der Waals surface area contributed by atoms with Crippen molar-refractivity contribution < 1.29 is 105 Å². The summed E-state index contributed by atoms with van der Waals surface area (Å²) in [7, 11) is 6.33. The summed E-state index contributed by atoms with van der Waals surface area (Å²) in [5.74, 6) is -3.24. The van der Waals surface area contributed by atoms with E-state index in [1.807, 2.05) is 55.4 Å². The van der Waals surface area contributed by atoms with E-state index in [4.69, 9.17) is 66.3 Å². The SMILES string of the molecule is COCCOC(=O)[C@H](C)NC(=O)[C@@H](C)N=C(C)C.COCCOCCOC(=O)[C@H](C)NC(=O)[C@@H](C)N=C(C)C.COCCOCCOCCOC(=O)[C@H](C)NC(=O)[C@@H](C)N=C(C)C.COCCOCCOCCOCCOC(=O)[C@H](C)NC(=O)[C@@H](C)N=C(C)C. The number of methoxy groups -OCH3 is 4. The fraction of sp³-hybridized carbons (Fsp3) is 0.800. The molecule has 0 aliphatic carbocycles. The first kappa shape index (κ1) is 90.5. The first-order valence-electron chi connectivity index (χ1n) is 29.9. The Morgan fingerprint density at radius 3 is 0.567 bits per heavy atom. The Bertz CT molecular complexity index is 2070. The van der Waals surface area contributed by atoms with E-state index in [1.54, 1.807) is 76.7 Å². The summed E-state index contributed by atoms with van der Waals surface area (Å²) in [4.78, 5) is 110. The zero-order chi connectivity index (χ0) is 69.2. The molecule has 0 unspecified atom stereocenters. The smallest absolute Gasteiger partial charge is 0.328 e. The van der Waals surface area contributed by atoms with Gasteiger partial charge in [-0.15, -0.1) is 0 Å². The van der Waals surface area contributed by atoms with Crippen LogP contribution in [0.25, 0.3) is 0 Å². The highest BCUT2D eigenvalue weighted by Gasteiger charge is 2.24. The third-order valence-corrected chi connectivity index (χ3v) is 10.5. The van der Waals surface area contributed by atoms with Crippen LogP contribution < -0.4 is 21.3 Å². The maximum Gasteiger partial charge on any atom is 0.328 e. The van der Waals surface area contributed by atoms with Crippen molar-refractivity contribution in [3.8, 4) is 0 Å². The van der Waals surface area contributed by atoms with E-state index < -0.39 is 72.2 Å². The molecule has 0 fully saturated rings. The fourth-order valence-electron chi connectivity index (χ4n) is 6.08. The zero-order valence-corrected chi connectivity index (χ0v) is 57.5. The van der Waals surface area contributed by atoms with Crippen LogP contribution in [0, 0.1) is 0 Å². The fourth-order valence-corrected chi connectivity index (χ4v) is 6.08. The van der Waals surface area contributed by atoms with Crippen LogP contribution in [-0.2, 0) is 105 Å². The van der Waals surface area contributed by atoms with Crippen LogP contribution in [0.1, 0.15) is 111 Å². The highest BCUT2D eigenvalue weighted by molar-refractivity contribution is 5.92. The van der Waals surface area contributed by atoms with E-state index in [2.05, 4.69) is 41.2 Å². The van der Waals surface area contributed by atoms with E-state index in [-0.39, 0.29) is 63.3 Å². The van der Waals surface area contributed by atoms with Crippen molar-refractivity contribution in [2.45, 2.75) is 159 Å². The average Bonchev–Trinajstić information content (AvgIpc) is 2.76. The molecular weight excluding hydrogens is 1180 g/mol. The van der Waals surface area contributed by atoms with Crippen LogP contribution in [0.4, 0.5) is 0 Å². The molecule has 0 aromatic heterocycles. The molecule has 0 saturated carbocycles. The van der Waals surface area contributed by atoms with Crippen LogP contribution >= 0.6 is 0 Å². The van der Waals surface area contributed by atoms with Crippen molar-refractivity contribution in [3.63, 3.8) is 0 Å². The second-order valence-electron chi connectivity index (χ2n) is 20.2. The van der Waals surface area contributed by atoms with Gasteiger partial charge in [-0.1, -0.05) is 0 Å². The van der Waals surface area contributed by atoms with Crippen molar-refractivity contribution in [2.24, 2.45) is 20.0 Å². The lowest BCUT2D eigenvalue weighted by Crippen LogP contribution is -2.43. The minimum Gasteiger partial charge on any atom is -0.462 e. The number of carbonyl (C=O) groups is 8. The quantitative estimate of drug-likeness (QED) is 0.0294. The van der Waals surface area contributed by atoms with Gasteiger partial charge in [0.05, 0.1) is 106 Å². The maximum absolute atomic E-state index is 11.9. The summed E-state index contributed by atoms with van der Waals surface area (Å²) < 4.78 is 70.7. The molecule has 0 aromatic rings. The molecule has 90 heavy (non-hydrogen) atoms. The van der Waals surface area contributed by atoms with Gasteiger partial charge < -0.3 is 87.6 Å². The Morgan fingerprint density at radius 2 is 0.400 bits per heavy atom. The predicted molar refractivity (Wildman–Crippen MR) is 340 cm³/mol. The number of hydrogen-bond donors (Lipinski definition) is 4. The van der Waals surface area contributed by atoms with Crippen LogP contribution in [0.15, 0.2) is 20.0 Å². The molecule has 0 bridgehead atoms. The Hall–Kier alpha value is -5.96. The summed E-state index contributed by atoms with van der Waals surface area (Å²) >= 11 is 0. The molecule has 30 heteroatoms. The summed E-state index contributed by atoms with van der Waals surface area (Å²) in [5.41, 5.74) is 3.22. The molecule has 0 heterocycles. The number of esters is 4. The molecule has 4 N–H and O–H groups in total. The van der Waals surface area contributed by atoms with Gasteiger partial charge in [0.2, 0.25) is 23.6 Å². The van der Waals surface area contributed by atoms with Gasteiger partial charge in [0.25, 0.3) is 0 Å². The predicted octanol–water partition coefficient (Wildman–Crippen LogP) is 2.30. The van der Waals surface area contributed by atoms with Gasteiger partial charge in [0.15, 0.2) is 0 Å². The molecular formula is C60H112N8O22. The highest BCUT2D eigenvalue weighted by Crippen LogP contribution is 2.00. The Kier molecular flexibility index (Phi) is 60.9. The van der Waals surface area contributed by atoms with E-state index in [0.717, 1.165) is 22.8 Å². The second-order valence-corrected chi connectivity index (χ2v) is 20.2. The van der Waals surface area contributed by atoms with Crippen LogP contribution in [-0.4, -0.2) is 279 Å². The lowest BCUT2D eigenvalue weighted by atomic mass is 10.2. The third-order valence-electron chi connectivity index (χ3n) is 10.5. The molecule has 8 atom stereocenters. The number of aliphatic imine (C=N–C) groups is 4. The van der Waals surface area contributed by atoms with Gasteiger partial charge in [-0.25, -0.2) is 19.2 Å². The first-order chi connectivity index (χ1) is 42.5. The van der Waals surface area contributed by atoms with Crippen LogP contribution in [0.5, 0.6) is 0 Å². The number of nitrogens with one attached hydrogen (secondary N) is 4. The van der Waals surface area contributed by atoms with Gasteiger partial charge in [-0.3, -0.25) is 39.1 Å². The molecule has 0 radical (unpaired) electrons. The second kappa shape index (κ2) is 60.6. The minimum atomic E-state index is -0.742. The molecule has 0 rings (SSSR count). The Balaban J connectivity index is -0.000000553.